The van der Waals surface area contributed by atoms with Crippen LogP contribution in [0.1, 0.15) is 55.3 Å². The lowest BCUT2D eigenvalue weighted by molar-refractivity contribution is 0.491. The van der Waals surface area contributed by atoms with Crippen molar-refractivity contribution in [3.05, 3.63) is 16.8 Å². The van der Waals surface area contributed by atoms with Gasteiger partial charge in [0, 0.05) is 6.54 Å². The van der Waals surface area contributed by atoms with Gasteiger partial charge in [-0.1, -0.05) is 37.9 Å². The number of aromatic nitrogens is 2. The summed E-state index contributed by atoms with van der Waals surface area (Å²) in [5.41, 5.74) is 8.55. The first-order chi connectivity index (χ1) is 9.59. The number of rotatable bonds is 6. The maximum Gasteiger partial charge on any atom is 0.159 e. The van der Waals surface area contributed by atoms with Gasteiger partial charge in [0.2, 0.25) is 0 Å². The lowest BCUT2D eigenvalue weighted by atomic mass is 10.0. The van der Waals surface area contributed by atoms with E-state index in [-0.39, 0.29) is 0 Å². The smallest absolute Gasteiger partial charge is 0.159 e. The Labute approximate surface area is 126 Å². The minimum absolute atomic E-state index is 0.388. The second-order valence-electron chi connectivity index (χ2n) is 5.72. The molecule has 1 fully saturated rings. The fourth-order valence-corrected chi connectivity index (χ4v) is 3.18. The number of hydrogen-bond donors (Lipinski definition) is 2. The molecule has 0 radical (unpaired) electrons. The monoisotopic (exact) mass is 292 g/mol. The van der Waals surface area contributed by atoms with E-state index >= 15 is 0 Å². The van der Waals surface area contributed by atoms with Gasteiger partial charge in [0.25, 0.3) is 0 Å². The molecule has 3 N–H and O–H groups in total. The maximum atomic E-state index is 5.81. The fraction of sp³-hybridized carbons (Fsp3) is 0.667. The Morgan fingerprint density at radius 2 is 2.00 bits per heavy atom. The van der Waals surface area contributed by atoms with Crippen LogP contribution < -0.4 is 11.1 Å². The van der Waals surface area contributed by atoms with Crippen LogP contribution >= 0.6 is 12.2 Å². The quantitative estimate of drug-likeness (QED) is 0.623. The highest BCUT2D eigenvalue weighted by molar-refractivity contribution is 7.80. The zero-order chi connectivity index (χ0) is 14.5. The molecule has 20 heavy (non-hydrogen) atoms. The number of aryl methyl sites for hydroxylation is 1. The normalized spacial score (nSPS) is 15.5. The Bertz CT molecular complexity index is 481. The fourth-order valence-electron chi connectivity index (χ4n) is 2.93. The van der Waals surface area contributed by atoms with Crippen LogP contribution in [0.4, 0.5) is 5.82 Å². The van der Waals surface area contributed by atoms with E-state index < -0.39 is 0 Å². The Balaban J connectivity index is 1.91. The number of hydrogen-bond acceptors (Lipinski definition) is 4. The standard InChI is InChI=1S/C15H24N4S/c1-10-11(2)18-19-15(13(10)14(16)20)17-9-5-8-12-6-3-4-7-12/h12H,3-9H2,1-2H3,(H2,16,20)(H,17,19). The van der Waals surface area contributed by atoms with Gasteiger partial charge in [-0.3, -0.25) is 0 Å². The van der Waals surface area contributed by atoms with Gasteiger partial charge in [-0.25, -0.2) is 0 Å². The van der Waals surface area contributed by atoms with Crippen molar-refractivity contribution in [2.24, 2.45) is 11.7 Å². The Morgan fingerprint density at radius 1 is 1.30 bits per heavy atom. The molecule has 1 aromatic rings. The van der Waals surface area contributed by atoms with Gasteiger partial charge in [-0.05, 0) is 38.2 Å². The summed E-state index contributed by atoms with van der Waals surface area (Å²) in [6.07, 6.45) is 8.09. The molecule has 1 aliphatic rings. The topological polar surface area (TPSA) is 63.8 Å². The molecule has 0 bridgehead atoms. The van der Waals surface area contributed by atoms with Gasteiger partial charge in [-0.15, -0.1) is 5.10 Å². The van der Waals surface area contributed by atoms with E-state index in [0.29, 0.717) is 4.99 Å². The first kappa shape index (κ1) is 15.2. The van der Waals surface area contributed by atoms with Crippen LogP contribution in [0.5, 0.6) is 0 Å². The molecule has 0 saturated heterocycles. The summed E-state index contributed by atoms with van der Waals surface area (Å²) in [6, 6.07) is 0. The van der Waals surface area contributed by atoms with Gasteiger partial charge in [0.05, 0.1) is 11.3 Å². The van der Waals surface area contributed by atoms with Crippen molar-refractivity contribution in [1.29, 1.82) is 0 Å². The summed E-state index contributed by atoms with van der Waals surface area (Å²) in [6.45, 7) is 4.82. The minimum Gasteiger partial charge on any atom is -0.389 e. The maximum absolute atomic E-state index is 5.81. The van der Waals surface area contributed by atoms with Crippen LogP contribution in [-0.2, 0) is 0 Å². The van der Waals surface area contributed by atoms with E-state index in [4.69, 9.17) is 18.0 Å². The molecule has 0 spiro atoms. The number of nitrogens with two attached hydrogens (primary N) is 1. The van der Waals surface area contributed by atoms with Crippen LogP contribution in [0.3, 0.4) is 0 Å². The predicted octanol–water partition coefficient (Wildman–Crippen LogP) is 3.11. The zero-order valence-corrected chi connectivity index (χ0v) is 13.2. The van der Waals surface area contributed by atoms with E-state index in [1.54, 1.807) is 0 Å². The highest BCUT2D eigenvalue weighted by Crippen LogP contribution is 2.28. The van der Waals surface area contributed by atoms with Crippen LogP contribution in [0, 0.1) is 19.8 Å². The van der Waals surface area contributed by atoms with Crippen molar-refractivity contribution in [3.8, 4) is 0 Å². The molecule has 2 rings (SSSR count). The van der Waals surface area contributed by atoms with E-state index in [0.717, 1.165) is 41.5 Å². The van der Waals surface area contributed by atoms with Crippen LogP contribution in [-0.4, -0.2) is 21.7 Å². The van der Waals surface area contributed by atoms with Gasteiger partial charge in [0.1, 0.15) is 4.99 Å². The van der Waals surface area contributed by atoms with Gasteiger partial charge in [-0.2, -0.15) is 5.10 Å². The van der Waals surface area contributed by atoms with E-state index in [9.17, 15) is 0 Å². The molecule has 0 unspecified atom stereocenters. The first-order valence-corrected chi connectivity index (χ1v) is 7.88. The number of nitrogens with one attached hydrogen (secondary N) is 1. The Morgan fingerprint density at radius 3 is 2.65 bits per heavy atom. The van der Waals surface area contributed by atoms with Crippen molar-refractivity contribution in [2.45, 2.75) is 52.4 Å². The summed E-state index contributed by atoms with van der Waals surface area (Å²) < 4.78 is 0. The van der Waals surface area contributed by atoms with Crippen molar-refractivity contribution < 1.29 is 0 Å². The summed E-state index contributed by atoms with van der Waals surface area (Å²) in [4.78, 5) is 0.388. The SMILES string of the molecule is Cc1nnc(NCCCC2CCCC2)c(C(N)=S)c1C. The zero-order valence-electron chi connectivity index (χ0n) is 12.4. The largest absolute Gasteiger partial charge is 0.389 e. The first-order valence-electron chi connectivity index (χ1n) is 7.47. The lowest BCUT2D eigenvalue weighted by Gasteiger charge is -2.14. The second-order valence-corrected chi connectivity index (χ2v) is 6.16. The molecule has 1 heterocycles. The van der Waals surface area contributed by atoms with Gasteiger partial charge >= 0.3 is 0 Å². The third-order valence-electron chi connectivity index (χ3n) is 4.26. The van der Waals surface area contributed by atoms with Gasteiger partial charge < -0.3 is 11.1 Å². The molecule has 0 atom stereocenters. The molecule has 0 amide bonds. The average molecular weight is 292 g/mol. The molecule has 1 saturated carbocycles. The van der Waals surface area contributed by atoms with Crippen molar-refractivity contribution in [1.82, 2.24) is 10.2 Å². The summed E-state index contributed by atoms with van der Waals surface area (Å²) >= 11 is 5.13. The third-order valence-corrected chi connectivity index (χ3v) is 4.46. The number of anilines is 1. The molecule has 1 aliphatic carbocycles. The van der Waals surface area contributed by atoms with Crippen molar-refractivity contribution >= 4 is 23.0 Å². The van der Waals surface area contributed by atoms with E-state index in [2.05, 4.69) is 15.5 Å². The molecular weight excluding hydrogens is 268 g/mol. The molecule has 5 heteroatoms. The molecule has 0 aliphatic heterocycles. The van der Waals surface area contributed by atoms with E-state index in [1.165, 1.54) is 32.1 Å². The second kappa shape index (κ2) is 6.97. The highest BCUT2D eigenvalue weighted by atomic mass is 32.1. The third kappa shape index (κ3) is 3.66. The molecule has 4 nitrogen and oxygen atoms in total. The van der Waals surface area contributed by atoms with Crippen molar-refractivity contribution in [3.63, 3.8) is 0 Å². The predicted molar refractivity (Wildman–Crippen MR) is 87.1 cm³/mol. The van der Waals surface area contributed by atoms with Crippen LogP contribution in [0.2, 0.25) is 0 Å². The number of nitrogens with zero attached hydrogens (tertiary/aromatic N) is 2. The lowest BCUT2D eigenvalue weighted by Crippen LogP contribution is -2.18. The van der Waals surface area contributed by atoms with Crippen LogP contribution in [0.15, 0.2) is 0 Å². The number of thiocarbonyl (C=S) groups is 1. The van der Waals surface area contributed by atoms with Crippen LogP contribution in [0.25, 0.3) is 0 Å². The summed E-state index contributed by atoms with van der Waals surface area (Å²) in [7, 11) is 0. The summed E-state index contributed by atoms with van der Waals surface area (Å²) in [5, 5.41) is 11.7. The molecular formula is C15H24N4S. The highest BCUT2D eigenvalue weighted by Gasteiger charge is 2.15. The molecule has 0 aromatic carbocycles. The Hall–Kier alpha value is -1.23. The summed E-state index contributed by atoms with van der Waals surface area (Å²) in [5.74, 6) is 1.66. The Kier molecular flexibility index (Phi) is 5.29. The average Bonchev–Trinajstić information content (AvgIpc) is 2.91. The van der Waals surface area contributed by atoms with E-state index in [1.807, 2.05) is 13.8 Å². The molecule has 110 valence electrons. The van der Waals surface area contributed by atoms with Gasteiger partial charge in [0.15, 0.2) is 5.82 Å². The minimum atomic E-state index is 0.388. The van der Waals surface area contributed by atoms with Crippen molar-refractivity contribution in [2.75, 3.05) is 11.9 Å². The molecule has 1 aromatic heterocycles.